The molecular formula is C30H37N3O10. The van der Waals surface area contributed by atoms with Gasteiger partial charge in [0.2, 0.25) is 12.1 Å². The van der Waals surface area contributed by atoms with E-state index in [0.717, 1.165) is 37.7 Å². The van der Waals surface area contributed by atoms with Gasteiger partial charge in [-0.25, -0.2) is 0 Å². The van der Waals surface area contributed by atoms with Crippen molar-refractivity contribution in [3.8, 4) is 17.2 Å². The molecule has 1 saturated heterocycles. The van der Waals surface area contributed by atoms with Gasteiger partial charge in [-0.15, -0.1) is 0 Å². The number of hydrogen-bond acceptors (Lipinski definition) is 11. The van der Waals surface area contributed by atoms with Crippen LogP contribution in [0.5, 0.6) is 17.2 Å². The maximum atomic E-state index is 14.2. The quantitative estimate of drug-likeness (QED) is 0.146. The fourth-order valence-electron chi connectivity index (χ4n) is 6.13. The topological polar surface area (TPSA) is 213 Å². The minimum absolute atomic E-state index is 0.0429. The molecule has 0 aromatic heterocycles. The largest absolute Gasteiger partial charge is 0.507 e. The smallest absolute Gasteiger partial charge is 0.229 e. The number of aliphatic hydroxyl groups is 4. The van der Waals surface area contributed by atoms with E-state index in [9.17, 15) is 35.1 Å². The van der Waals surface area contributed by atoms with Crippen LogP contribution >= 0.6 is 0 Å². The number of ketones is 2. The van der Waals surface area contributed by atoms with Crippen molar-refractivity contribution in [3.63, 3.8) is 0 Å². The van der Waals surface area contributed by atoms with Crippen molar-refractivity contribution in [1.82, 2.24) is 5.32 Å². The van der Waals surface area contributed by atoms with E-state index >= 15 is 0 Å². The summed E-state index contributed by atoms with van der Waals surface area (Å²) in [6, 6.07) is 4.39. The molecule has 0 spiro atoms. The van der Waals surface area contributed by atoms with Gasteiger partial charge in [-0.1, -0.05) is 19.3 Å². The fourth-order valence-corrected chi connectivity index (χ4v) is 6.13. The van der Waals surface area contributed by atoms with Crippen LogP contribution in [-0.4, -0.2) is 94.5 Å². The second kappa shape index (κ2) is 12.5. The lowest BCUT2D eigenvalue weighted by atomic mass is 9.76. The van der Waals surface area contributed by atoms with Gasteiger partial charge in [0, 0.05) is 36.3 Å². The number of carbonyl (C=O) groups excluding carboxylic acids is 2. The summed E-state index contributed by atoms with van der Waals surface area (Å²) in [4.78, 5) is 32.1. The first-order valence-electron chi connectivity index (χ1n) is 14.2. The normalized spacial score (nSPS) is 26.1. The van der Waals surface area contributed by atoms with E-state index in [1.807, 2.05) is 0 Å². The van der Waals surface area contributed by atoms with Crippen LogP contribution in [0.4, 0.5) is 0 Å². The van der Waals surface area contributed by atoms with E-state index in [1.54, 1.807) is 6.07 Å². The summed E-state index contributed by atoms with van der Waals surface area (Å²) in [7, 11) is 2.88. The Balaban J connectivity index is 1.62. The van der Waals surface area contributed by atoms with E-state index < -0.39 is 48.9 Å². The molecule has 13 heteroatoms. The Morgan fingerprint density at radius 2 is 1.72 bits per heavy atom. The fraction of sp³-hybridized carbons (Fsp3) is 0.500. The molecule has 1 heterocycles. The third-order valence-corrected chi connectivity index (χ3v) is 8.52. The molecule has 1 saturated carbocycles. The van der Waals surface area contributed by atoms with Crippen LogP contribution in [-0.2, 0) is 11.3 Å². The molecule has 2 aromatic rings. The second-order valence-corrected chi connectivity index (χ2v) is 11.0. The van der Waals surface area contributed by atoms with Crippen LogP contribution in [0.15, 0.2) is 23.2 Å². The molecule has 2 aliphatic carbocycles. The zero-order valence-corrected chi connectivity index (χ0v) is 23.9. The third-order valence-electron chi connectivity index (χ3n) is 8.52. The van der Waals surface area contributed by atoms with Gasteiger partial charge in [0.25, 0.3) is 0 Å². The molecule has 0 radical (unpaired) electrons. The Morgan fingerprint density at radius 1 is 1.02 bits per heavy atom. The van der Waals surface area contributed by atoms with Gasteiger partial charge in [0.05, 0.1) is 24.8 Å². The summed E-state index contributed by atoms with van der Waals surface area (Å²) >= 11 is 0. The zero-order valence-electron chi connectivity index (χ0n) is 23.9. The number of carbonyl (C=O) groups is 2. The number of phenols is 1. The van der Waals surface area contributed by atoms with E-state index in [2.05, 4.69) is 10.3 Å². The van der Waals surface area contributed by atoms with E-state index in [4.69, 9.17) is 19.9 Å². The van der Waals surface area contributed by atoms with Crippen molar-refractivity contribution >= 4 is 17.5 Å². The molecule has 43 heavy (non-hydrogen) atoms. The van der Waals surface area contributed by atoms with Gasteiger partial charge < -0.3 is 50.8 Å². The Hall–Kier alpha value is -3.75. The molecule has 13 nitrogen and oxygen atoms in total. The highest BCUT2D eigenvalue weighted by atomic mass is 16.7. The lowest BCUT2D eigenvalue weighted by Crippen LogP contribution is -2.60. The van der Waals surface area contributed by atoms with Crippen molar-refractivity contribution in [2.75, 3.05) is 20.8 Å². The average Bonchev–Trinajstić information content (AvgIpc) is 3.02. The molecule has 0 bridgehead atoms. The summed E-state index contributed by atoms with van der Waals surface area (Å²) in [5.41, 5.74) is 6.65. The number of fused-ring (bicyclic) bond motifs is 2. The van der Waals surface area contributed by atoms with Gasteiger partial charge in [0.15, 0.2) is 11.7 Å². The predicted molar refractivity (Wildman–Crippen MR) is 153 cm³/mol. The molecule has 5 unspecified atom stereocenters. The van der Waals surface area contributed by atoms with Gasteiger partial charge in [0.1, 0.15) is 41.7 Å². The molecule has 8 N–H and O–H groups in total. The number of ether oxygens (including phenoxy) is 3. The van der Waals surface area contributed by atoms with Crippen molar-refractivity contribution in [3.05, 3.63) is 51.6 Å². The number of nitrogens with one attached hydrogen (secondary N) is 1. The monoisotopic (exact) mass is 599 g/mol. The lowest BCUT2D eigenvalue weighted by Gasteiger charge is -2.40. The van der Waals surface area contributed by atoms with Gasteiger partial charge in [-0.2, -0.15) is 0 Å². The maximum absolute atomic E-state index is 14.2. The Kier molecular flexibility index (Phi) is 8.90. The molecular weight excluding hydrogens is 562 g/mol. The highest BCUT2D eigenvalue weighted by Gasteiger charge is 2.46. The molecule has 5 rings (SSSR count). The van der Waals surface area contributed by atoms with Crippen LogP contribution in [0.2, 0.25) is 0 Å². The summed E-state index contributed by atoms with van der Waals surface area (Å²) in [5, 5.41) is 55.1. The molecule has 2 aromatic carbocycles. The molecule has 0 amide bonds. The number of nitrogens with zero attached hydrogens (tertiary/aromatic N) is 1. The molecule has 3 aliphatic rings. The van der Waals surface area contributed by atoms with E-state index in [0.29, 0.717) is 5.56 Å². The van der Waals surface area contributed by atoms with Crippen LogP contribution in [0.1, 0.15) is 81.0 Å². The standard InChI is InChI=1S/C30H37N3O10/c1-32-30(31)33-11-18-15(13-6-4-3-5-7-13)10-17-22(24(18)36)26(38)21-16(23(17)35)8-14(41-2)9-19(21)42-29-28(40)27(39)25(37)20(12-34)43-29/h8-10,13,20,25,27-29,34,36-37,39-40H,3-7,11-12H2,1-2H3,(H3,31,32,33). The van der Waals surface area contributed by atoms with Crippen molar-refractivity contribution in [2.45, 2.75) is 75.3 Å². The number of benzene rings is 2. The Labute approximate surface area is 247 Å². The summed E-state index contributed by atoms with van der Waals surface area (Å²) in [6.07, 6.45) is -3.18. The number of aliphatic imine (C=N–C) groups is 1. The van der Waals surface area contributed by atoms with E-state index in [1.165, 1.54) is 26.3 Å². The zero-order chi connectivity index (χ0) is 31.0. The number of rotatable bonds is 7. The summed E-state index contributed by atoms with van der Waals surface area (Å²) in [6.45, 7) is -0.619. The second-order valence-electron chi connectivity index (χ2n) is 11.0. The number of nitrogens with two attached hydrogens (primary N) is 1. The number of aromatic hydroxyl groups is 1. The lowest BCUT2D eigenvalue weighted by molar-refractivity contribution is -0.277. The molecule has 1 aliphatic heterocycles. The first kappa shape index (κ1) is 30.7. The number of phenolic OH excluding ortho intramolecular Hbond substituents is 1. The highest BCUT2D eigenvalue weighted by Crippen LogP contribution is 2.45. The van der Waals surface area contributed by atoms with Gasteiger partial charge >= 0.3 is 0 Å². The number of methoxy groups -OCH3 is 1. The van der Waals surface area contributed by atoms with Crippen LogP contribution in [0.25, 0.3) is 0 Å². The number of hydrogen-bond donors (Lipinski definition) is 7. The maximum Gasteiger partial charge on any atom is 0.229 e. The predicted octanol–water partition coefficient (Wildman–Crippen LogP) is 0.437. The van der Waals surface area contributed by atoms with Crippen LogP contribution in [0.3, 0.4) is 0 Å². The SMILES string of the molecule is CN=C(N)NCc1c(C2CCCCC2)cc2c(c1O)C(=O)c1c(OC3OC(CO)C(O)C(O)C3O)cc(OC)cc1C2=O. The van der Waals surface area contributed by atoms with Crippen LogP contribution < -0.4 is 20.5 Å². The van der Waals surface area contributed by atoms with Gasteiger partial charge in [-0.05, 0) is 36.5 Å². The minimum atomic E-state index is -1.77. The highest BCUT2D eigenvalue weighted by molar-refractivity contribution is 6.30. The molecule has 5 atom stereocenters. The average molecular weight is 600 g/mol. The third kappa shape index (κ3) is 5.54. The Morgan fingerprint density at radius 3 is 2.37 bits per heavy atom. The Bertz CT molecular complexity index is 1440. The number of guanidine groups is 1. The summed E-state index contributed by atoms with van der Waals surface area (Å²) in [5.74, 6) is -1.45. The molecule has 232 valence electrons. The summed E-state index contributed by atoms with van der Waals surface area (Å²) < 4.78 is 16.7. The first-order valence-corrected chi connectivity index (χ1v) is 14.2. The van der Waals surface area contributed by atoms with Crippen molar-refractivity contribution < 1.29 is 49.3 Å². The van der Waals surface area contributed by atoms with Crippen molar-refractivity contribution in [1.29, 1.82) is 0 Å². The van der Waals surface area contributed by atoms with Gasteiger partial charge in [-0.3, -0.25) is 14.6 Å². The minimum Gasteiger partial charge on any atom is -0.507 e. The molecule has 2 fully saturated rings. The van der Waals surface area contributed by atoms with Crippen molar-refractivity contribution in [2.24, 2.45) is 10.7 Å². The van der Waals surface area contributed by atoms with Crippen LogP contribution in [0, 0.1) is 0 Å². The number of aliphatic hydroxyl groups excluding tert-OH is 4. The first-order chi connectivity index (χ1) is 20.6. The van der Waals surface area contributed by atoms with E-state index in [-0.39, 0.29) is 57.9 Å².